The number of nitrogen functional groups attached to an aromatic ring is 1. The first-order valence-corrected chi connectivity index (χ1v) is 6.37. The molecule has 6 heteroatoms. The Bertz CT molecular complexity index is 581. The van der Waals surface area contributed by atoms with Gasteiger partial charge in [0, 0.05) is 4.47 Å². The Morgan fingerprint density at radius 3 is 2.50 bits per heavy atom. The third kappa shape index (κ3) is 2.73. The molecule has 0 unspecified atom stereocenters. The van der Waals surface area contributed by atoms with Crippen LogP contribution in [-0.4, -0.2) is 9.97 Å². The van der Waals surface area contributed by atoms with Gasteiger partial charge in [-0.3, -0.25) is 0 Å². The average Bonchev–Trinajstić information content (AvgIpc) is 2.31. The van der Waals surface area contributed by atoms with Crippen LogP contribution in [-0.2, 0) is 0 Å². The van der Waals surface area contributed by atoms with E-state index in [0.29, 0.717) is 11.4 Å². The van der Waals surface area contributed by atoms with Gasteiger partial charge in [-0.1, -0.05) is 15.9 Å². The molecule has 1 aromatic heterocycles. The van der Waals surface area contributed by atoms with Gasteiger partial charge in [0.05, 0.1) is 6.20 Å². The molecule has 0 aliphatic carbocycles. The third-order valence-corrected chi connectivity index (χ3v) is 3.81. The number of halogens is 2. The summed E-state index contributed by atoms with van der Waals surface area (Å²) >= 11 is 9.20. The quantitative estimate of drug-likeness (QED) is 0.850. The standard InChI is InChI=1S/C12H11BrClN3O/c1-6-3-8(4-7(2)10(6)13)18-11-9(15)5-16-12(14)17-11/h3-5H,15H2,1-2H3. The molecule has 2 aromatic rings. The Balaban J connectivity index is 2.37. The zero-order valence-electron chi connectivity index (χ0n) is 9.87. The van der Waals surface area contributed by atoms with E-state index >= 15 is 0 Å². The Labute approximate surface area is 118 Å². The van der Waals surface area contributed by atoms with Gasteiger partial charge in [-0.15, -0.1) is 0 Å². The number of anilines is 1. The van der Waals surface area contributed by atoms with Crippen LogP contribution >= 0.6 is 27.5 Å². The average molecular weight is 329 g/mol. The van der Waals surface area contributed by atoms with Gasteiger partial charge < -0.3 is 10.5 Å². The van der Waals surface area contributed by atoms with Crippen molar-refractivity contribution in [3.63, 3.8) is 0 Å². The van der Waals surface area contributed by atoms with Crippen molar-refractivity contribution < 1.29 is 4.74 Å². The van der Waals surface area contributed by atoms with Gasteiger partial charge in [0.2, 0.25) is 11.2 Å². The molecular weight excluding hydrogens is 318 g/mol. The molecule has 18 heavy (non-hydrogen) atoms. The second-order valence-electron chi connectivity index (χ2n) is 3.87. The Morgan fingerprint density at radius 1 is 1.28 bits per heavy atom. The minimum Gasteiger partial charge on any atom is -0.437 e. The fourth-order valence-corrected chi connectivity index (χ4v) is 1.87. The summed E-state index contributed by atoms with van der Waals surface area (Å²) in [6.45, 7) is 3.97. The summed E-state index contributed by atoms with van der Waals surface area (Å²) in [5.74, 6) is 0.922. The second kappa shape index (κ2) is 5.12. The van der Waals surface area contributed by atoms with Crippen LogP contribution in [0, 0.1) is 13.8 Å². The molecule has 1 heterocycles. The molecule has 0 spiro atoms. The lowest BCUT2D eigenvalue weighted by Gasteiger charge is -2.10. The highest BCUT2D eigenvalue weighted by molar-refractivity contribution is 9.10. The number of aryl methyl sites for hydroxylation is 2. The second-order valence-corrected chi connectivity index (χ2v) is 5.00. The summed E-state index contributed by atoms with van der Waals surface area (Å²) in [5, 5.41) is 0.102. The summed E-state index contributed by atoms with van der Waals surface area (Å²) < 4.78 is 6.68. The highest BCUT2D eigenvalue weighted by Gasteiger charge is 2.08. The smallest absolute Gasteiger partial charge is 0.247 e. The number of rotatable bonds is 2. The van der Waals surface area contributed by atoms with Crippen molar-refractivity contribution in [2.24, 2.45) is 0 Å². The van der Waals surface area contributed by atoms with E-state index in [2.05, 4.69) is 25.9 Å². The van der Waals surface area contributed by atoms with E-state index in [-0.39, 0.29) is 11.2 Å². The number of hydrogen-bond donors (Lipinski definition) is 1. The lowest BCUT2D eigenvalue weighted by atomic mass is 10.1. The highest BCUT2D eigenvalue weighted by atomic mass is 79.9. The van der Waals surface area contributed by atoms with Crippen LogP contribution in [0.25, 0.3) is 0 Å². The molecular formula is C12H11BrClN3O. The molecule has 0 atom stereocenters. The van der Waals surface area contributed by atoms with Crippen molar-refractivity contribution in [3.05, 3.63) is 39.2 Å². The van der Waals surface area contributed by atoms with Crippen LogP contribution in [0.4, 0.5) is 5.69 Å². The summed E-state index contributed by atoms with van der Waals surface area (Å²) in [5.41, 5.74) is 8.22. The van der Waals surface area contributed by atoms with Crippen molar-refractivity contribution in [2.45, 2.75) is 13.8 Å². The molecule has 0 radical (unpaired) electrons. The fraction of sp³-hybridized carbons (Fsp3) is 0.167. The van der Waals surface area contributed by atoms with Crippen LogP contribution in [0.5, 0.6) is 11.6 Å². The van der Waals surface area contributed by atoms with E-state index in [9.17, 15) is 0 Å². The summed E-state index contributed by atoms with van der Waals surface area (Å²) in [7, 11) is 0. The zero-order chi connectivity index (χ0) is 13.3. The molecule has 0 bridgehead atoms. The van der Waals surface area contributed by atoms with Crippen molar-refractivity contribution in [1.29, 1.82) is 0 Å². The van der Waals surface area contributed by atoms with Crippen LogP contribution in [0.3, 0.4) is 0 Å². The minimum atomic E-state index is 0.102. The number of benzene rings is 1. The largest absolute Gasteiger partial charge is 0.437 e. The van der Waals surface area contributed by atoms with E-state index < -0.39 is 0 Å². The van der Waals surface area contributed by atoms with Crippen molar-refractivity contribution in [1.82, 2.24) is 9.97 Å². The summed E-state index contributed by atoms with van der Waals surface area (Å²) in [6, 6.07) is 3.79. The Morgan fingerprint density at radius 2 is 1.89 bits per heavy atom. The van der Waals surface area contributed by atoms with E-state index in [1.807, 2.05) is 26.0 Å². The van der Waals surface area contributed by atoms with Crippen LogP contribution < -0.4 is 10.5 Å². The molecule has 0 amide bonds. The van der Waals surface area contributed by atoms with Crippen LogP contribution in [0.15, 0.2) is 22.8 Å². The number of aromatic nitrogens is 2. The van der Waals surface area contributed by atoms with E-state index in [1.165, 1.54) is 6.20 Å². The van der Waals surface area contributed by atoms with Gasteiger partial charge in [-0.05, 0) is 48.7 Å². The highest BCUT2D eigenvalue weighted by Crippen LogP contribution is 2.30. The lowest BCUT2D eigenvalue weighted by molar-refractivity contribution is 0.463. The normalized spacial score (nSPS) is 10.4. The SMILES string of the molecule is Cc1cc(Oc2nc(Cl)ncc2N)cc(C)c1Br. The Kier molecular flexibility index (Phi) is 3.73. The van der Waals surface area contributed by atoms with Gasteiger partial charge in [-0.2, -0.15) is 4.98 Å². The van der Waals surface area contributed by atoms with Crippen LogP contribution in [0.1, 0.15) is 11.1 Å². The first-order chi connectivity index (χ1) is 8.47. The third-order valence-electron chi connectivity index (χ3n) is 2.38. The van der Waals surface area contributed by atoms with E-state index in [4.69, 9.17) is 22.1 Å². The van der Waals surface area contributed by atoms with Gasteiger partial charge in [0.15, 0.2) is 0 Å². The molecule has 0 aliphatic rings. The number of nitrogens with zero attached hydrogens (tertiary/aromatic N) is 2. The van der Waals surface area contributed by atoms with Crippen molar-refractivity contribution >= 4 is 33.2 Å². The minimum absolute atomic E-state index is 0.102. The molecule has 0 saturated heterocycles. The van der Waals surface area contributed by atoms with E-state index in [1.54, 1.807) is 0 Å². The molecule has 2 rings (SSSR count). The Hall–Kier alpha value is -1.33. The maximum atomic E-state index is 5.73. The van der Waals surface area contributed by atoms with E-state index in [0.717, 1.165) is 15.6 Å². The maximum Gasteiger partial charge on any atom is 0.247 e. The fourth-order valence-electron chi connectivity index (χ4n) is 1.51. The predicted molar refractivity (Wildman–Crippen MR) is 75.1 cm³/mol. The van der Waals surface area contributed by atoms with Crippen LogP contribution in [0.2, 0.25) is 5.28 Å². The molecule has 0 fully saturated rings. The van der Waals surface area contributed by atoms with Gasteiger partial charge in [-0.25, -0.2) is 4.98 Å². The zero-order valence-corrected chi connectivity index (χ0v) is 12.2. The number of hydrogen-bond acceptors (Lipinski definition) is 4. The molecule has 0 saturated carbocycles. The first kappa shape index (κ1) is 13.1. The van der Waals surface area contributed by atoms with Gasteiger partial charge >= 0.3 is 0 Å². The molecule has 94 valence electrons. The van der Waals surface area contributed by atoms with Crippen molar-refractivity contribution in [3.8, 4) is 11.6 Å². The van der Waals surface area contributed by atoms with Crippen molar-refractivity contribution in [2.75, 3.05) is 5.73 Å². The first-order valence-electron chi connectivity index (χ1n) is 5.20. The summed E-state index contributed by atoms with van der Waals surface area (Å²) in [4.78, 5) is 7.72. The monoisotopic (exact) mass is 327 g/mol. The number of nitrogens with two attached hydrogens (primary N) is 1. The predicted octanol–water partition coefficient (Wildman–Crippen LogP) is 3.88. The van der Waals surface area contributed by atoms with Gasteiger partial charge in [0.25, 0.3) is 0 Å². The maximum absolute atomic E-state index is 5.73. The molecule has 4 nitrogen and oxygen atoms in total. The topological polar surface area (TPSA) is 61.0 Å². The molecule has 1 aromatic carbocycles. The molecule has 2 N–H and O–H groups in total. The lowest BCUT2D eigenvalue weighted by Crippen LogP contribution is -1.97. The van der Waals surface area contributed by atoms with Gasteiger partial charge in [0.1, 0.15) is 11.4 Å². The number of ether oxygens (including phenoxy) is 1. The summed E-state index contributed by atoms with van der Waals surface area (Å²) in [6.07, 6.45) is 1.42. The molecule has 0 aliphatic heterocycles.